The van der Waals surface area contributed by atoms with Crippen LogP contribution in [0.5, 0.6) is 0 Å². The average molecular weight is 606 g/mol. The van der Waals surface area contributed by atoms with Gasteiger partial charge < -0.3 is 34.1 Å². The maximum Gasteiger partial charge on any atom is 0.409 e. The zero-order chi connectivity index (χ0) is 30.4. The molecule has 0 atom stereocenters. The van der Waals surface area contributed by atoms with E-state index in [1.165, 1.54) is 20.5 Å². The standard InChI is InChI=1S/C29H35N9O6/c1-29(13-42-14-29)38-27-21(25(30)33-15-34-27)22(35-38)23-20(24(44-36-23)17-4-5-17)26-31-10-18(11-32-26)16-6-8-37(9-7-16)28(39)43-12-19(40-2)41-3/h10-11,15-17,19H,4-9,12-14H2,1-3H3,(H2,30,33,34). The van der Waals surface area contributed by atoms with Crippen LogP contribution in [0.3, 0.4) is 0 Å². The lowest BCUT2D eigenvalue weighted by Crippen LogP contribution is -2.49. The number of carbonyl (C=O) groups is 1. The van der Waals surface area contributed by atoms with E-state index >= 15 is 0 Å². The number of likely N-dealkylation sites (tertiary alicyclic amines) is 1. The van der Waals surface area contributed by atoms with Gasteiger partial charge in [0, 0.05) is 45.6 Å². The zero-order valence-electron chi connectivity index (χ0n) is 24.9. The highest BCUT2D eigenvalue weighted by Gasteiger charge is 2.41. The van der Waals surface area contributed by atoms with E-state index < -0.39 is 6.29 Å². The van der Waals surface area contributed by atoms with Gasteiger partial charge in [0.1, 0.15) is 35.7 Å². The number of methoxy groups -OCH3 is 2. The Balaban J connectivity index is 1.14. The molecule has 7 rings (SSSR count). The minimum Gasteiger partial charge on any atom is -0.444 e. The highest BCUT2D eigenvalue weighted by atomic mass is 16.7. The third kappa shape index (κ3) is 5.04. The number of anilines is 1. The van der Waals surface area contributed by atoms with E-state index in [4.69, 9.17) is 44.3 Å². The summed E-state index contributed by atoms with van der Waals surface area (Å²) in [7, 11) is 3.01. The van der Waals surface area contributed by atoms with Crippen molar-refractivity contribution in [3.05, 3.63) is 30.0 Å². The number of nitrogen functional groups attached to an aromatic ring is 1. The Morgan fingerprint density at radius 3 is 2.41 bits per heavy atom. The van der Waals surface area contributed by atoms with Crippen molar-refractivity contribution in [2.75, 3.05) is 52.9 Å². The molecule has 0 bridgehead atoms. The number of aromatic nitrogens is 7. The van der Waals surface area contributed by atoms with Crippen molar-refractivity contribution in [1.29, 1.82) is 0 Å². The molecule has 2 saturated heterocycles. The fourth-order valence-electron chi connectivity index (χ4n) is 5.88. The first kappa shape index (κ1) is 28.6. The second-order valence-electron chi connectivity index (χ2n) is 11.8. The van der Waals surface area contributed by atoms with E-state index in [1.54, 1.807) is 4.90 Å². The molecular weight excluding hydrogens is 570 g/mol. The number of rotatable bonds is 9. The molecule has 1 amide bonds. The number of carbonyl (C=O) groups excluding carboxylic acids is 1. The van der Waals surface area contributed by atoms with Crippen molar-refractivity contribution in [2.45, 2.75) is 56.3 Å². The number of amides is 1. The van der Waals surface area contributed by atoms with Gasteiger partial charge in [0.15, 0.2) is 23.5 Å². The van der Waals surface area contributed by atoms with Gasteiger partial charge in [0.2, 0.25) is 0 Å². The number of ether oxygens (including phenoxy) is 4. The van der Waals surface area contributed by atoms with Crippen LogP contribution < -0.4 is 5.73 Å². The first-order valence-corrected chi connectivity index (χ1v) is 14.8. The number of fused-ring (bicyclic) bond motifs is 1. The smallest absolute Gasteiger partial charge is 0.409 e. The fourth-order valence-corrected chi connectivity index (χ4v) is 5.88. The van der Waals surface area contributed by atoms with Gasteiger partial charge in [0.25, 0.3) is 0 Å². The summed E-state index contributed by atoms with van der Waals surface area (Å²) in [5.74, 6) is 2.03. The quantitative estimate of drug-likeness (QED) is 0.275. The van der Waals surface area contributed by atoms with Crippen LogP contribution in [0.2, 0.25) is 0 Å². The molecule has 0 radical (unpaired) electrons. The van der Waals surface area contributed by atoms with Crippen LogP contribution in [-0.4, -0.2) is 99.3 Å². The summed E-state index contributed by atoms with van der Waals surface area (Å²) in [6.07, 6.45) is 7.76. The largest absolute Gasteiger partial charge is 0.444 e. The molecule has 1 saturated carbocycles. The van der Waals surface area contributed by atoms with Crippen molar-refractivity contribution in [3.63, 3.8) is 0 Å². The molecule has 15 nitrogen and oxygen atoms in total. The van der Waals surface area contributed by atoms with Crippen LogP contribution in [0, 0.1) is 0 Å². The summed E-state index contributed by atoms with van der Waals surface area (Å²) in [5, 5.41) is 10.1. The van der Waals surface area contributed by atoms with Crippen LogP contribution in [0.4, 0.5) is 10.6 Å². The minimum atomic E-state index is -0.584. The van der Waals surface area contributed by atoms with E-state index in [2.05, 4.69) is 22.0 Å². The minimum absolute atomic E-state index is 0.0398. The van der Waals surface area contributed by atoms with Gasteiger partial charge in [-0.3, -0.25) is 0 Å². The predicted octanol–water partition coefficient (Wildman–Crippen LogP) is 3.08. The van der Waals surface area contributed by atoms with Crippen molar-refractivity contribution in [3.8, 4) is 22.8 Å². The van der Waals surface area contributed by atoms with E-state index in [1.807, 2.05) is 17.1 Å². The van der Waals surface area contributed by atoms with Crippen molar-refractivity contribution in [1.82, 2.24) is 39.8 Å². The summed E-state index contributed by atoms with van der Waals surface area (Å²) in [6.45, 7) is 4.27. The molecule has 4 aromatic heterocycles. The first-order chi connectivity index (χ1) is 21.4. The number of hydrogen-bond acceptors (Lipinski definition) is 13. The molecule has 2 N–H and O–H groups in total. The Labute approximate surface area is 253 Å². The third-order valence-electron chi connectivity index (χ3n) is 8.71. The van der Waals surface area contributed by atoms with Crippen LogP contribution in [0.15, 0.2) is 23.2 Å². The Morgan fingerprint density at radius 1 is 1.05 bits per heavy atom. The third-order valence-corrected chi connectivity index (χ3v) is 8.71. The lowest BCUT2D eigenvalue weighted by molar-refractivity contribution is -0.130. The molecule has 3 aliphatic rings. The monoisotopic (exact) mass is 605 g/mol. The lowest BCUT2D eigenvalue weighted by atomic mass is 9.91. The maximum atomic E-state index is 12.5. The second-order valence-corrected chi connectivity index (χ2v) is 11.8. The molecule has 0 unspecified atom stereocenters. The number of hydrogen-bond donors (Lipinski definition) is 1. The highest BCUT2D eigenvalue weighted by Crippen LogP contribution is 2.48. The van der Waals surface area contributed by atoms with Crippen LogP contribution >= 0.6 is 0 Å². The van der Waals surface area contributed by atoms with Crippen molar-refractivity contribution < 1.29 is 28.3 Å². The summed E-state index contributed by atoms with van der Waals surface area (Å²) in [6, 6.07) is 0. The summed E-state index contributed by atoms with van der Waals surface area (Å²) in [4.78, 5) is 32.6. The van der Waals surface area contributed by atoms with Crippen LogP contribution in [0.25, 0.3) is 33.8 Å². The number of piperidine rings is 1. The van der Waals surface area contributed by atoms with Crippen LogP contribution in [0.1, 0.15) is 55.8 Å². The Morgan fingerprint density at radius 2 is 1.77 bits per heavy atom. The molecule has 44 heavy (non-hydrogen) atoms. The highest BCUT2D eigenvalue weighted by molar-refractivity contribution is 6.00. The molecule has 1 aliphatic carbocycles. The summed E-state index contributed by atoms with van der Waals surface area (Å²) in [5.41, 5.74) is 9.42. The lowest BCUT2D eigenvalue weighted by Gasteiger charge is -2.38. The van der Waals surface area contributed by atoms with Gasteiger partial charge in [-0.25, -0.2) is 29.4 Å². The van der Waals surface area contributed by atoms with E-state index in [-0.39, 0.29) is 30.1 Å². The summed E-state index contributed by atoms with van der Waals surface area (Å²) < 4.78 is 28.8. The van der Waals surface area contributed by atoms with Crippen molar-refractivity contribution in [2.24, 2.45) is 0 Å². The Hall–Kier alpha value is -4.21. The topological polar surface area (TPSA) is 179 Å². The molecule has 6 heterocycles. The van der Waals surface area contributed by atoms with E-state index in [9.17, 15) is 4.79 Å². The maximum absolute atomic E-state index is 12.5. The molecule has 15 heteroatoms. The van der Waals surface area contributed by atoms with Gasteiger partial charge in [-0.05, 0) is 44.1 Å². The first-order valence-electron chi connectivity index (χ1n) is 14.8. The molecule has 3 fully saturated rings. The number of nitrogens with two attached hydrogens (primary N) is 1. The van der Waals surface area contributed by atoms with Gasteiger partial charge in [-0.2, -0.15) is 5.10 Å². The summed E-state index contributed by atoms with van der Waals surface area (Å²) >= 11 is 0. The zero-order valence-corrected chi connectivity index (χ0v) is 24.9. The van der Waals surface area contributed by atoms with E-state index in [0.717, 1.165) is 37.0 Å². The SMILES string of the molecule is COC(COC(=O)N1CCC(c2cnc(-c3c(-c4nn(C5(C)COC5)c5ncnc(N)c45)noc3C3CC3)nc2)CC1)OC. The van der Waals surface area contributed by atoms with Gasteiger partial charge in [0.05, 0.1) is 24.2 Å². The Bertz CT molecular complexity index is 1650. The van der Waals surface area contributed by atoms with E-state index in [0.29, 0.717) is 65.9 Å². The Kier molecular flexibility index (Phi) is 7.38. The molecule has 232 valence electrons. The predicted molar refractivity (Wildman–Crippen MR) is 155 cm³/mol. The molecule has 2 aliphatic heterocycles. The molecule has 0 aromatic carbocycles. The fraction of sp³-hybridized carbons (Fsp3) is 0.552. The van der Waals surface area contributed by atoms with Gasteiger partial charge in [-0.15, -0.1) is 0 Å². The molecular formula is C29H35N9O6. The normalized spacial score (nSPS) is 18.6. The van der Waals surface area contributed by atoms with Gasteiger partial charge in [-0.1, -0.05) is 5.16 Å². The van der Waals surface area contributed by atoms with Crippen LogP contribution in [-0.2, 0) is 24.5 Å². The average Bonchev–Trinajstić information content (AvgIpc) is 3.66. The second kappa shape index (κ2) is 11.4. The van der Waals surface area contributed by atoms with Crippen molar-refractivity contribution >= 4 is 22.9 Å². The molecule has 4 aromatic rings. The number of nitrogens with zero attached hydrogens (tertiary/aromatic N) is 8. The molecule has 0 spiro atoms. The van der Waals surface area contributed by atoms with Gasteiger partial charge >= 0.3 is 6.09 Å².